The molecule has 2 fully saturated rings. The Bertz CT molecular complexity index is 561. The van der Waals surface area contributed by atoms with Crippen molar-refractivity contribution in [2.24, 2.45) is 22.5 Å². The van der Waals surface area contributed by atoms with E-state index in [0.717, 1.165) is 18.0 Å². The second-order valence-corrected chi connectivity index (χ2v) is 7.79. The average Bonchev–Trinajstić information content (AvgIpc) is 2.89. The van der Waals surface area contributed by atoms with Gasteiger partial charge in [0.2, 0.25) is 5.91 Å². The largest absolute Gasteiger partial charge is 0.366 e. The highest BCUT2D eigenvalue weighted by molar-refractivity contribution is 5.92. The number of fused-ring (bicyclic) bond motifs is 2. The fourth-order valence-corrected chi connectivity index (χ4v) is 4.87. The lowest BCUT2D eigenvalue weighted by atomic mass is 9.68. The Morgan fingerprint density at radius 2 is 2.14 bits per heavy atom. The van der Waals surface area contributed by atoms with Crippen molar-refractivity contribution in [2.75, 3.05) is 0 Å². The van der Waals surface area contributed by atoms with Crippen LogP contribution in [0.2, 0.25) is 0 Å². The SMILES string of the molecule is CC1(C)C(NCc2cccc(C(N)=O)c2)[C@]2(C)CC[C@H]1C2. The van der Waals surface area contributed by atoms with E-state index in [0.29, 0.717) is 22.4 Å². The molecule has 0 heterocycles. The molecule has 0 aliphatic heterocycles. The quantitative estimate of drug-likeness (QED) is 0.893. The molecular formula is C18H26N2O. The lowest BCUT2D eigenvalue weighted by Crippen LogP contribution is -2.49. The van der Waals surface area contributed by atoms with Crippen molar-refractivity contribution in [3.05, 3.63) is 35.4 Å². The number of carbonyl (C=O) groups excluding carboxylic acids is 1. The van der Waals surface area contributed by atoms with Crippen LogP contribution in [-0.2, 0) is 6.54 Å². The molecular weight excluding hydrogens is 260 g/mol. The van der Waals surface area contributed by atoms with Crippen LogP contribution in [0.3, 0.4) is 0 Å². The number of rotatable bonds is 4. The molecule has 2 saturated carbocycles. The summed E-state index contributed by atoms with van der Waals surface area (Å²) in [5, 5.41) is 3.77. The Hall–Kier alpha value is -1.35. The van der Waals surface area contributed by atoms with Crippen LogP contribution in [0.1, 0.15) is 56.0 Å². The highest BCUT2D eigenvalue weighted by Crippen LogP contribution is 2.62. The van der Waals surface area contributed by atoms with Crippen molar-refractivity contribution in [1.29, 1.82) is 0 Å². The van der Waals surface area contributed by atoms with Crippen LogP contribution < -0.4 is 11.1 Å². The van der Waals surface area contributed by atoms with E-state index in [-0.39, 0.29) is 5.91 Å². The van der Waals surface area contributed by atoms with Gasteiger partial charge < -0.3 is 11.1 Å². The molecule has 114 valence electrons. The summed E-state index contributed by atoms with van der Waals surface area (Å²) < 4.78 is 0. The summed E-state index contributed by atoms with van der Waals surface area (Å²) in [6, 6.07) is 8.18. The summed E-state index contributed by atoms with van der Waals surface area (Å²) in [5.74, 6) is 0.487. The monoisotopic (exact) mass is 286 g/mol. The summed E-state index contributed by atoms with van der Waals surface area (Å²) >= 11 is 0. The van der Waals surface area contributed by atoms with Crippen molar-refractivity contribution < 1.29 is 4.79 Å². The molecule has 0 spiro atoms. The highest BCUT2D eigenvalue weighted by Gasteiger charge is 2.58. The molecule has 3 N–H and O–H groups in total. The lowest BCUT2D eigenvalue weighted by molar-refractivity contribution is 0.0999. The lowest BCUT2D eigenvalue weighted by Gasteiger charge is -2.43. The average molecular weight is 286 g/mol. The molecule has 3 nitrogen and oxygen atoms in total. The molecule has 2 bridgehead atoms. The first-order valence-electron chi connectivity index (χ1n) is 7.95. The molecule has 1 aromatic carbocycles. The van der Waals surface area contributed by atoms with Crippen molar-refractivity contribution in [3.63, 3.8) is 0 Å². The molecule has 21 heavy (non-hydrogen) atoms. The Morgan fingerprint density at radius 1 is 1.38 bits per heavy atom. The van der Waals surface area contributed by atoms with Gasteiger partial charge in [0.1, 0.15) is 0 Å². The summed E-state index contributed by atoms with van der Waals surface area (Å²) in [5.41, 5.74) is 7.86. The van der Waals surface area contributed by atoms with Gasteiger partial charge in [0.25, 0.3) is 0 Å². The van der Waals surface area contributed by atoms with Gasteiger partial charge in [-0.25, -0.2) is 0 Å². The van der Waals surface area contributed by atoms with Crippen LogP contribution in [0.4, 0.5) is 0 Å². The standard InChI is InChI=1S/C18H26N2O/c1-17(2)14-7-8-18(3,10-14)16(17)20-11-12-5-4-6-13(9-12)15(19)21/h4-6,9,14,16,20H,7-8,10-11H2,1-3H3,(H2,19,21)/t14-,16?,18+/m0/s1. The van der Waals surface area contributed by atoms with E-state index in [9.17, 15) is 4.79 Å². The van der Waals surface area contributed by atoms with E-state index in [4.69, 9.17) is 5.73 Å². The molecule has 0 aromatic heterocycles. The Kier molecular flexibility index (Phi) is 3.36. The molecule has 3 heteroatoms. The van der Waals surface area contributed by atoms with Gasteiger partial charge in [-0.1, -0.05) is 32.9 Å². The van der Waals surface area contributed by atoms with Crippen LogP contribution in [0.5, 0.6) is 0 Å². The highest BCUT2D eigenvalue weighted by atomic mass is 16.1. The first kappa shape index (κ1) is 14.6. The normalized spacial score (nSPS) is 33.3. The van der Waals surface area contributed by atoms with Crippen LogP contribution >= 0.6 is 0 Å². The third-order valence-corrected chi connectivity index (χ3v) is 5.99. The van der Waals surface area contributed by atoms with Gasteiger partial charge in [0.05, 0.1) is 0 Å². The molecule has 1 amide bonds. The third-order valence-electron chi connectivity index (χ3n) is 5.99. The van der Waals surface area contributed by atoms with Crippen molar-refractivity contribution >= 4 is 5.91 Å². The molecule has 1 unspecified atom stereocenters. The maximum Gasteiger partial charge on any atom is 0.248 e. The first-order chi connectivity index (χ1) is 9.83. The number of nitrogens with one attached hydrogen (secondary N) is 1. The van der Waals surface area contributed by atoms with Gasteiger partial charge in [-0.15, -0.1) is 0 Å². The second kappa shape index (κ2) is 4.84. The van der Waals surface area contributed by atoms with Gasteiger partial charge in [0, 0.05) is 18.2 Å². The molecule has 2 aliphatic rings. The summed E-state index contributed by atoms with van der Waals surface area (Å²) in [6.07, 6.45) is 4.05. The van der Waals surface area contributed by atoms with E-state index in [1.807, 2.05) is 12.1 Å². The van der Waals surface area contributed by atoms with Crippen molar-refractivity contribution in [1.82, 2.24) is 5.32 Å². The number of nitrogens with two attached hydrogens (primary N) is 1. The van der Waals surface area contributed by atoms with Crippen molar-refractivity contribution in [2.45, 2.75) is 52.6 Å². The molecule has 3 atom stereocenters. The van der Waals surface area contributed by atoms with E-state index in [1.165, 1.54) is 19.3 Å². The maximum absolute atomic E-state index is 11.3. The Balaban J connectivity index is 1.73. The van der Waals surface area contributed by atoms with Crippen LogP contribution in [-0.4, -0.2) is 11.9 Å². The van der Waals surface area contributed by atoms with Gasteiger partial charge >= 0.3 is 0 Å². The predicted molar refractivity (Wildman–Crippen MR) is 84.8 cm³/mol. The topological polar surface area (TPSA) is 55.1 Å². The molecule has 1 aromatic rings. The molecule has 0 radical (unpaired) electrons. The van der Waals surface area contributed by atoms with Gasteiger partial charge in [-0.2, -0.15) is 0 Å². The fraction of sp³-hybridized carbons (Fsp3) is 0.611. The van der Waals surface area contributed by atoms with Crippen LogP contribution in [0.15, 0.2) is 24.3 Å². The Morgan fingerprint density at radius 3 is 2.76 bits per heavy atom. The number of hydrogen-bond donors (Lipinski definition) is 2. The van der Waals surface area contributed by atoms with E-state index in [2.05, 4.69) is 32.2 Å². The van der Waals surface area contributed by atoms with Crippen LogP contribution in [0.25, 0.3) is 0 Å². The number of primary amides is 1. The number of amides is 1. The minimum absolute atomic E-state index is 0.355. The first-order valence-corrected chi connectivity index (χ1v) is 7.95. The number of hydrogen-bond acceptors (Lipinski definition) is 2. The zero-order valence-corrected chi connectivity index (χ0v) is 13.3. The number of carbonyl (C=O) groups is 1. The summed E-state index contributed by atoms with van der Waals surface area (Å²) in [7, 11) is 0. The van der Waals surface area contributed by atoms with Crippen molar-refractivity contribution in [3.8, 4) is 0 Å². The minimum Gasteiger partial charge on any atom is -0.366 e. The third kappa shape index (κ3) is 2.38. The molecule has 2 aliphatic carbocycles. The van der Waals surface area contributed by atoms with Gasteiger partial charge in [0.15, 0.2) is 0 Å². The van der Waals surface area contributed by atoms with E-state index >= 15 is 0 Å². The van der Waals surface area contributed by atoms with Crippen LogP contribution in [0, 0.1) is 16.7 Å². The molecule has 0 saturated heterocycles. The van der Waals surface area contributed by atoms with Gasteiger partial charge in [-0.05, 0) is 53.7 Å². The number of benzene rings is 1. The van der Waals surface area contributed by atoms with E-state index in [1.54, 1.807) is 6.07 Å². The minimum atomic E-state index is -0.357. The molecule has 3 rings (SSSR count). The predicted octanol–water partition coefficient (Wildman–Crippen LogP) is 3.09. The summed E-state index contributed by atoms with van der Waals surface area (Å²) in [6.45, 7) is 8.04. The van der Waals surface area contributed by atoms with Gasteiger partial charge in [-0.3, -0.25) is 4.79 Å². The zero-order valence-electron chi connectivity index (χ0n) is 13.3. The summed E-state index contributed by atoms with van der Waals surface area (Å²) in [4.78, 5) is 11.3. The zero-order chi connectivity index (χ0) is 15.3. The Labute approximate surface area is 127 Å². The fourth-order valence-electron chi connectivity index (χ4n) is 4.87. The second-order valence-electron chi connectivity index (χ2n) is 7.79. The smallest absolute Gasteiger partial charge is 0.248 e. The van der Waals surface area contributed by atoms with E-state index < -0.39 is 0 Å². The maximum atomic E-state index is 11.3.